The van der Waals surface area contributed by atoms with Gasteiger partial charge in [-0.15, -0.1) is 0 Å². The van der Waals surface area contributed by atoms with Crippen LogP contribution in [0.2, 0.25) is 0 Å². The molecule has 3 aromatic rings. The maximum Gasteiger partial charge on any atom is 0.266 e. The first kappa shape index (κ1) is 19.5. The molecule has 0 atom stereocenters. The zero-order chi connectivity index (χ0) is 20.6. The molecule has 29 heavy (non-hydrogen) atoms. The second-order valence-corrected chi connectivity index (χ2v) is 6.27. The Kier molecular flexibility index (Phi) is 6.13. The van der Waals surface area contributed by atoms with E-state index >= 15 is 0 Å². The average molecular weight is 382 g/mol. The van der Waals surface area contributed by atoms with Gasteiger partial charge in [0.15, 0.2) is 0 Å². The summed E-state index contributed by atoms with van der Waals surface area (Å²) < 4.78 is 0. The largest absolute Gasteiger partial charge is 0.507 e. The molecule has 0 aliphatic heterocycles. The minimum Gasteiger partial charge on any atom is -0.507 e. The number of nitrogens with zero attached hydrogens (tertiary/aromatic N) is 3. The van der Waals surface area contributed by atoms with Gasteiger partial charge in [0.1, 0.15) is 17.4 Å². The summed E-state index contributed by atoms with van der Waals surface area (Å²) in [6.07, 6.45) is 1.32. The molecule has 0 saturated carbocycles. The van der Waals surface area contributed by atoms with Gasteiger partial charge in [-0.05, 0) is 55.5 Å². The summed E-state index contributed by atoms with van der Waals surface area (Å²) in [5.74, 6) is -0.633. The lowest BCUT2D eigenvalue weighted by molar-refractivity contribution is -0.112. The van der Waals surface area contributed by atoms with Crippen LogP contribution in [0, 0.1) is 18.3 Å². The smallest absolute Gasteiger partial charge is 0.266 e. The van der Waals surface area contributed by atoms with Gasteiger partial charge in [-0.25, -0.2) is 0 Å². The van der Waals surface area contributed by atoms with E-state index in [2.05, 4.69) is 15.5 Å². The second-order valence-electron chi connectivity index (χ2n) is 6.27. The van der Waals surface area contributed by atoms with Crippen LogP contribution in [-0.4, -0.2) is 11.0 Å². The van der Waals surface area contributed by atoms with E-state index < -0.39 is 5.91 Å². The SMILES string of the molecule is Cc1ccc(NC(=O)/C(C#N)=C\c2cc(N=Nc3ccccc3)ccc2O)cc1. The predicted octanol–water partition coefficient (Wildman–Crippen LogP) is 5.66. The number of rotatable bonds is 5. The first-order valence-electron chi connectivity index (χ1n) is 8.85. The van der Waals surface area contributed by atoms with Crippen molar-refractivity contribution in [2.24, 2.45) is 10.2 Å². The van der Waals surface area contributed by atoms with Gasteiger partial charge >= 0.3 is 0 Å². The van der Waals surface area contributed by atoms with E-state index in [0.29, 0.717) is 22.6 Å². The molecule has 0 fully saturated rings. The van der Waals surface area contributed by atoms with Crippen LogP contribution in [0.4, 0.5) is 17.1 Å². The highest BCUT2D eigenvalue weighted by Crippen LogP contribution is 2.27. The van der Waals surface area contributed by atoms with Crippen molar-refractivity contribution < 1.29 is 9.90 Å². The third-order valence-electron chi connectivity index (χ3n) is 4.02. The number of hydrogen-bond acceptors (Lipinski definition) is 5. The number of nitriles is 1. The molecule has 6 heteroatoms. The molecule has 3 aromatic carbocycles. The molecule has 6 nitrogen and oxygen atoms in total. The van der Waals surface area contributed by atoms with Crippen molar-refractivity contribution >= 4 is 29.0 Å². The van der Waals surface area contributed by atoms with Crippen LogP contribution in [-0.2, 0) is 4.79 Å². The van der Waals surface area contributed by atoms with Gasteiger partial charge in [-0.3, -0.25) is 4.79 Å². The van der Waals surface area contributed by atoms with Gasteiger partial charge in [0.25, 0.3) is 5.91 Å². The van der Waals surface area contributed by atoms with E-state index in [1.165, 1.54) is 12.1 Å². The molecule has 0 aliphatic carbocycles. The van der Waals surface area contributed by atoms with Crippen molar-refractivity contribution in [2.75, 3.05) is 5.32 Å². The monoisotopic (exact) mass is 382 g/mol. The van der Waals surface area contributed by atoms with Gasteiger partial charge < -0.3 is 10.4 Å². The average Bonchev–Trinajstić information content (AvgIpc) is 2.74. The van der Waals surface area contributed by atoms with E-state index in [1.54, 1.807) is 24.3 Å². The number of amides is 1. The third-order valence-corrected chi connectivity index (χ3v) is 4.02. The Balaban J connectivity index is 1.83. The zero-order valence-corrected chi connectivity index (χ0v) is 15.7. The molecule has 0 aliphatic rings. The maximum atomic E-state index is 12.4. The molecular formula is C23H18N4O2. The van der Waals surface area contributed by atoms with E-state index in [0.717, 1.165) is 5.56 Å². The summed E-state index contributed by atoms with van der Waals surface area (Å²) in [6, 6.07) is 22.9. The highest BCUT2D eigenvalue weighted by molar-refractivity contribution is 6.09. The number of phenols is 1. The lowest BCUT2D eigenvalue weighted by Crippen LogP contribution is -2.13. The van der Waals surface area contributed by atoms with E-state index in [4.69, 9.17) is 0 Å². The fraction of sp³-hybridized carbons (Fsp3) is 0.0435. The summed E-state index contributed by atoms with van der Waals surface area (Å²) in [4.78, 5) is 12.4. The number of phenolic OH excluding ortho intramolecular Hbond substituents is 1. The zero-order valence-electron chi connectivity index (χ0n) is 15.7. The van der Waals surface area contributed by atoms with Gasteiger partial charge in [-0.2, -0.15) is 15.5 Å². The quantitative estimate of drug-likeness (QED) is 0.338. The number of carbonyl (C=O) groups is 1. The van der Waals surface area contributed by atoms with Crippen LogP contribution in [0.25, 0.3) is 6.08 Å². The van der Waals surface area contributed by atoms with Crippen LogP contribution in [0.1, 0.15) is 11.1 Å². The van der Waals surface area contributed by atoms with Crippen LogP contribution in [0.5, 0.6) is 5.75 Å². The molecule has 0 saturated heterocycles. The van der Waals surface area contributed by atoms with Gasteiger partial charge in [0, 0.05) is 11.3 Å². The van der Waals surface area contributed by atoms with Crippen molar-refractivity contribution in [2.45, 2.75) is 6.92 Å². The highest BCUT2D eigenvalue weighted by atomic mass is 16.3. The number of nitrogens with one attached hydrogen (secondary N) is 1. The lowest BCUT2D eigenvalue weighted by Gasteiger charge is -2.05. The number of hydrogen-bond donors (Lipinski definition) is 2. The van der Waals surface area contributed by atoms with Gasteiger partial charge in [0.05, 0.1) is 11.4 Å². The standard InChI is InChI=1S/C23H18N4O2/c1-16-7-9-19(10-8-16)25-23(29)18(15-24)13-17-14-21(11-12-22(17)28)27-26-20-5-3-2-4-6-20/h2-14,28H,1H3,(H,25,29)/b18-13-,27-26?. The molecule has 3 rings (SSSR count). The summed E-state index contributed by atoms with van der Waals surface area (Å²) >= 11 is 0. The van der Waals surface area contributed by atoms with Crippen molar-refractivity contribution in [3.05, 3.63) is 89.5 Å². The second kappa shape index (κ2) is 9.11. The van der Waals surface area contributed by atoms with E-state index in [1.807, 2.05) is 55.5 Å². The number of aryl methyl sites for hydroxylation is 1. The molecule has 0 radical (unpaired) electrons. The Morgan fingerprint density at radius 1 is 1.00 bits per heavy atom. The molecule has 0 bridgehead atoms. The van der Waals surface area contributed by atoms with E-state index in [9.17, 15) is 15.2 Å². The third kappa shape index (κ3) is 5.37. The predicted molar refractivity (Wildman–Crippen MR) is 112 cm³/mol. The number of anilines is 1. The Morgan fingerprint density at radius 3 is 2.38 bits per heavy atom. The summed E-state index contributed by atoms with van der Waals surface area (Å²) in [5.41, 5.74) is 2.96. The minimum absolute atomic E-state index is 0.0699. The first-order valence-corrected chi connectivity index (χ1v) is 8.85. The number of carbonyl (C=O) groups excluding carboxylic acids is 1. The van der Waals surface area contributed by atoms with Crippen molar-refractivity contribution in [1.29, 1.82) is 5.26 Å². The summed E-state index contributed by atoms with van der Waals surface area (Å²) in [7, 11) is 0. The topological polar surface area (TPSA) is 97.8 Å². The number of benzene rings is 3. The maximum absolute atomic E-state index is 12.4. The number of azo groups is 1. The molecular weight excluding hydrogens is 364 g/mol. The van der Waals surface area contributed by atoms with Crippen molar-refractivity contribution in [1.82, 2.24) is 0 Å². The minimum atomic E-state index is -0.563. The molecule has 2 N–H and O–H groups in total. The Labute approximate surface area is 168 Å². The molecule has 0 heterocycles. The van der Waals surface area contributed by atoms with Crippen LogP contribution in [0.15, 0.2) is 88.6 Å². The van der Waals surface area contributed by atoms with Gasteiger partial charge in [0.2, 0.25) is 0 Å². The normalized spacial score (nSPS) is 11.2. The molecule has 1 amide bonds. The van der Waals surface area contributed by atoms with Crippen LogP contribution < -0.4 is 5.32 Å². The molecule has 0 unspecified atom stereocenters. The Morgan fingerprint density at radius 2 is 1.69 bits per heavy atom. The fourth-order valence-corrected chi connectivity index (χ4v) is 2.47. The van der Waals surface area contributed by atoms with E-state index in [-0.39, 0.29) is 11.3 Å². The Bertz CT molecular complexity index is 1110. The highest BCUT2D eigenvalue weighted by Gasteiger charge is 2.11. The number of aromatic hydroxyl groups is 1. The Hall–Kier alpha value is -4.24. The molecule has 142 valence electrons. The molecule has 0 spiro atoms. The van der Waals surface area contributed by atoms with Crippen molar-refractivity contribution in [3.63, 3.8) is 0 Å². The fourth-order valence-electron chi connectivity index (χ4n) is 2.47. The first-order chi connectivity index (χ1) is 14.0. The van der Waals surface area contributed by atoms with Crippen molar-refractivity contribution in [3.8, 4) is 11.8 Å². The van der Waals surface area contributed by atoms with Crippen LogP contribution >= 0.6 is 0 Å². The lowest BCUT2D eigenvalue weighted by atomic mass is 10.1. The summed E-state index contributed by atoms with van der Waals surface area (Å²) in [5, 5.41) is 30.4. The summed E-state index contributed by atoms with van der Waals surface area (Å²) in [6.45, 7) is 1.94. The van der Waals surface area contributed by atoms with Gasteiger partial charge in [-0.1, -0.05) is 35.9 Å². The molecule has 0 aromatic heterocycles. The van der Waals surface area contributed by atoms with Crippen LogP contribution in [0.3, 0.4) is 0 Å².